The van der Waals surface area contributed by atoms with Gasteiger partial charge in [0, 0.05) is 25.3 Å². The molecule has 4 rings (SSSR count). The highest BCUT2D eigenvalue weighted by atomic mass is 32.2. The molecule has 0 aromatic heterocycles. The fraction of sp³-hybridized carbons (Fsp3) is 0.515. The van der Waals surface area contributed by atoms with Crippen LogP contribution in [-0.4, -0.2) is 69.4 Å². The minimum absolute atomic E-state index is 0.00489. The normalized spacial score (nSPS) is 21.4. The zero-order valence-electron chi connectivity index (χ0n) is 27.3. The van der Waals surface area contributed by atoms with Crippen LogP contribution in [0.5, 0.6) is 0 Å². The number of aliphatic imine (C=N–C) groups is 1. The van der Waals surface area contributed by atoms with Crippen LogP contribution in [0, 0.1) is 5.82 Å². The third-order valence-corrected chi connectivity index (χ3v) is 15.6. The number of amides is 1. The van der Waals surface area contributed by atoms with Crippen molar-refractivity contribution in [3.05, 3.63) is 77.1 Å². The van der Waals surface area contributed by atoms with Crippen molar-refractivity contribution in [3.8, 4) is 0 Å². The van der Waals surface area contributed by atoms with Crippen molar-refractivity contribution < 1.29 is 31.9 Å². The number of rotatable bonds is 9. The van der Waals surface area contributed by atoms with Gasteiger partial charge in [0.2, 0.25) is 10.0 Å². The van der Waals surface area contributed by atoms with E-state index >= 15 is 0 Å². The predicted octanol–water partition coefficient (Wildman–Crippen LogP) is 6.74. The molecule has 2 aromatic carbocycles. The summed E-state index contributed by atoms with van der Waals surface area (Å²) in [6, 6.07) is 13.1. The van der Waals surface area contributed by atoms with Crippen LogP contribution in [-0.2, 0) is 25.6 Å². The molecule has 9 nitrogen and oxygen atoms in total. The Morgan fingerprint density at radius 1 is 1.20 bits per heavy atom. The average Bonchev–Trinajstić information content (AvgIpc) is 2.94. The molecule has 0 aliphatic carbocycles. The summed E-state index contributed by atoms with van der Waals surface area (Å²) in [4.78, 5) is 17.2. The van der Waals surface area contributed by atoms with Crippen LogP contribution in [0.1, 0.15) is 70.2 Å². The molecule has 1 saturated heterocycles. The van der Waals surface area contributed by atoms with Crippen LogP contribution >= 0.6 is 0 Å². The van der Waals surface area contributed by atoms with Crippen LogP contribution in [0.3, 0.4) is 0 Å². The summed E-state index contributed by atoms with van der Waals surface area (Å²) >= 11 is 0. The maximum absolute atomic E-state index is 14.9. The second-order valence-corrected chi connectivity index (χ2v) is 20.5. The number of hydrogen-bond donors (Lipinski definition) is 2. The lowest BCUT2D eigenvalue weighted by Crippen LogP contribution is -2.59. The predicted molar refractivity (Wildman–Crippen MR) is 178 cm³/mol. The summed E-state index contributed by atoms with van der Waals surface area (Å²) in [6.45, 7) is 15.3. The van der Waals surface area contributed by atoms with Crippen LogP contribution in [0.15, 0.2) is 59.6 Å². The lowest BCUT2D eigenvalue weighted by molar-refractivity contribution is 0.0759. The number of carboxylic acid groups (broad SMARTS) is 1. The summed E-state index contributed by atoms with van der Waals surface area (Å²) < 4.78 is 57.2. The van der Waals surface area contributed by atoms with Crippen molar-refractivity contribution in [1.82, 2.24) is 9.62 Å². The molecule has 12 heteroatoms. The van der Waals surface area contributed by atoms with Crippen molar-refractivity contribution in [2.24, 2.45) is 4.99 Å². The van der Waals surface area contributed by atoms with E-state index in [4.69, 9.17) is 9.16 Å². The first-order valence-corrected chi connectivity index (χ1v) is 19.8. The van der Waals surface area contributed by atoms with E-state index in [2.05, 4.69) is 43.6 Å². The van der Waals surface area contributed by atoms with Gasteiger partial charge in [-0.3, -0.25) is 0 Å². The maximum atomic E-state index is 14.9. The highest BCUT2D eigenvalue weighted by molar-refractivity contribution is 7.90. The molecular formula is C33H46FN3O6SSi. The van der Waals surface area contributed by atoms with Crippen LogP contribution in [0.4, 0.5) is 9.18 Å². The van der Waals surface area contributed by atoms with Crippen LogP contribution in [0.25, 0.3) is 5.57 Å². The molecule has 1 amide bonds. The Hall–Kier alpha value is -3.22. The van der Waals surface area contributed by atoms with E-state index < -0.39 is 47.1 Å². The quantitative estimate of drug-likeness (QED) is 0.288. The maximum Gasteiger partial charge on any atom is 0.407 e. The molecule has 1 unspecified atom stereocenters. The van der Waals surface area contributed by atoms with Gasteiger partial charge in [0.15, 0.2) is 8.32 Å². The van der Waals surface area contributed by atoms with Gasteiger partial charge < -0.3 is 19.2 Å². The Kier molecular flexibility index (Phi) is 10.2. The number of nitrogens with zero attached hydrogens (tertiary/aromatic N) is 2. The number of nitrogens with one attached hydrogen (secondary N) is 1. The molecule has 2 aliphatic rings. The van der Waals surface area contributed by atoms with E-state index in [9.17, 15) is 22.7 Å². The van der Waals surface area contributed by atoms with Crippen molar-refractivity contribution in [2.75, 3.05) is 19.7 Å². The van der Waals surface area contributed by atoms with Gasteiger partial charge in [-0.05, 0) is 74.0 Å². The third-order valence-electron chi connectivity index (χ3n) is 9.16. The molecule has 246 valence electrons. The van der Waals surface area contributed by atoms with E-state index in [1.165, 1.54) is 11.0 Å². The molecule has 1 fully saturated rings. The van der Waals surface area contributed by atoms with Crippen LogP contribution < -0.4 is 4.72 Å². The van der Waals surface area contributed by atoms with Gasteiger partial charge in [0.25, 0.3) is 6.02 Å². The van der Waals surface area contributed by atoms with Gasteiger partial charge in [-0.1, -0.05) is 69.3 Å². The summed E-state index contributed by atoms with van der Waals surface area (Å²) in [5, 5.41) is 8.28. The number of hydrogen-bond acceptors (Lipinski definition) is 6. The van der Waals surface area contributed by atoms with Crippen molar-refractivity contribution in [1.29, 1.82) is 0 Å². The smallest absolute Gasteiger partial charge is 0.407 e. The summed E-state index contributed by atoms with van der Waals surface area (Å²) in [6.07, 6.45) is 2.15. The summed E-state index contributed by atoms with van der Waals surface area (Å²) in [7, 11) is -5.98. The SMILES string of the molecule is CC1(C)OC(=N[C@@H](CCO[Si](C)(C)C(C)(C)C)c2ccccc2F)NS(=O)(=O)C1Cc1ccc(C2=CCN(C(=O)O)CC2)cc1. The molecule has 2 heterocycles. The Morgan fingerprint density at radius 2 is 1.87 bits per heavy atom. The lowest BCUT2D eigenvalue weighted by Gasteiger charge is -2.39. The van der Waals surface area contributed by atoms with E-state index in [-0.39, 0.29) is 17.5 Å². The molecule has 2 aliphatic heterocycles. The third kappa shape index (κ3) is 8.33. The highest BCUT2D eigenvalue weighted by Crippen LogP contribution is 2.37. The fourth-order valence-electron chi connectivity index (χ4n) is 5.30. The Labute approximate surface area is 267 Å². The lowest BCUT2D eigenvalue weighted by atomic mass is 9.94. The number of benzene rings is 2. The number of carbonyl (C=O) groups is 1. The number of sulfonamides is 1. The molecule has 2 N–H and O–H groups in total. The topological polar surface area (TPSA) is 118 Å². The van der Waals surface area contributed by atoms with E-state index in [1.54, 1.807) is 32.0 Å². The van der Waals surface area contributed by atoms with Crippen LogP contribution in [0.2, 0.25) is 18.1 Å². The average molecular weight is 660 g/mol. The van der Waals surface area contributed by atoms with Gasteiger partial charge in [-0.2, -0.15) is 0 Å². The highest BCUT2D eigenvalue weighted by Gasteiger charge is 2.47. The first-order valence-electron chi connectivity index (χ1n) is 15.3. The standard InChI is InChI=1S/C33H46FN3O6SSi/c1-32(2,3)45(6,7)42-21-18-28(26-10-8-9-11-27(26)34)35-30-36-44(40,41)29(33(4,5)43-30)22-23-12-14-24(15-13-23)25-16-19-37(20-17-25)31(38)39/h8-16,28-29H,17-22H2,1-7H3,(H,35,36)(H,38,39)/t28-,29?/m0/s1. The minimum atomic E-state index is -3.92. The molecule has 45 heavy (non-hydrogen) atoms. The summed E-state index contributed by atoms with van der Waals surface area (Å²) in [5.41, 5.74) is 2.08. The first-order chi connectivity index (χ1) is 20.9. The van der Waals surface area contributed by atoms with Crippen molar-refractivity contribution in [3.63, 3.8) is 0 Å². The van der Waals surface area contributed by atoms with Gasteiger partial charge in [0.05, 0.1) is 6.04 Å². The molecule has 0 saturated carbocycles. The van der Waals surface area contributed by atoms with Gasteiger partial charge >= 0.3 is 6.09 Å². The van der Waals surface area contributed by atoms with Gasteiger partial charge in [-0.15, -0.1) is 0 Å². The van der Waals surface area contributed by atoms with E-state index in [0.717, 1.165) is 16.7 Å². The summed E-state index contributed by atoms with van der Waals surface area (Å²) in [5.74, 6) is -0.429. The monoisotopic (exact) mass is 659 g/mol. The second-order valence-electron chi connectivity index (χ2n) is 13.8. The zero-order chi connectivity index (χ0) is 33.2. The van der Waals surface area contributed by atoms with Crippen molar-refractivity contribution >= 4 is 36.0 Å². The Bertz CT molecular complexity index is 1550. The molecular weight excluding hydrogens is 614 g/mol. The Morgan fingerprint density at radius 3 is 2.42 bits per heavy atom. The van der Waals surface area contributed by atoms with E-state index in [0.29, 0.717) is 38.1 Å². The largest absolute Gasteiger partial charge is 0.465 e. The number of ether oxygens (including phenoxy) is 1. The molecule has 0 bridgehead atoms. The van der Waals surface area contributed by atoms with E-state index in [1.807, 2.05) is 30.3 Å². The second kappa shape index (κ2) is 13.3. The number of amidine groups is 1. The van der Waals surface area contributed by atoms with Gasteiger partial charge in [0.1, 0.15) is 16.7 Å². The van der Waals surface area contributed by atoms with Crippen molar-refractivity contribution in [2.45, 2.75) is 88.9 Å². The van der Waals surface area contributed by atoms with Gasteiger partial charge in [-0.25, -0.2) is 27.3 Å². The molecule has 0 spiro atoms. The molecule has 2 atom stereocenters. The first kappa shape index (κ1) is 34.6. The minimum Gasteiger partial charge on any atom is -0.465 e. The molecule has 0 radical (unpaired) electrons. The number of halogens is 1. The fourth-order valence-corrected chi connectivity index (χ4v) is 8.05. The molecule has 2 aromatic rings. The zero-order valence-corrected chi connectivity index (χ0v) is 29.1. The Balaban J connectivity index is 1.51.